The smallest absolute Gasteiger partial charge is 0.276 e. The Balaban J connectivity index is 1.53. The highest BCUT2D eigenvalue weighted by molar-refractivity contribution is 6.02. The van der Waals surface area contributed by atoms with Crippen molar-refractivity contribution >= 4 is 23.1 Å². The molecule has 0 spiro atoms. The number of benzene rings is 2. The molecule has 0 aliphatic carbocycles. The van der Waals surface area contributed by atoms with E-state index in [1.807, 2.05) is 24.3 Å². The van der Waals surface area contributed by atoms with Gasteiger partial charge >= 0.3 is 0 Å². The number of carbonyl (C=O) groups excluding carboxylic acids is 1. The van der Waals surface area contributed by atoms with Gasteiger partial charge in [-0.2, -0.15) is 5.26 Å². The third kappa shape index (κ3) is 3.48. The van der Waals surface area contributed by atoms with Crippen LogP contribution in [0.1, 0.15) is 28.0 Å². The molecule has 27 heavy (non-hydrogen) atoms. The van der Waals surface area contributed by atoms with Crippen LogP contribution >= 0.6 is 0 Å². The van der Waals surface area contributed by atoms with Crippen molar-refractivity contribution in [1.29, 1.82) is 5.26 Å². The highest BCUT2D eigenvalue weighted by Gasteiger charge is 2.19. The molecular formula is C21H17N5O. The normalized spacial score (nSPS) is 12.8. The molecule has 1 aliphatic rings. The zero-order valence-corrected chi connectivity index (χ0v) is 14.6. The molecule has 1 aliphatic heterocycles. The van der Waals surface area contributed by atoms with E-state index in [0.717, 1.165) is 30.9 Å². The van der Waals surface area contributed by atoms with Gasteiger partial charge in [-0.25, -0.2) is 0 Å². The first kappa shape index (κ1) is 16.7. The van der Waals surface area contributed by atoms with E-state index >= 15 is 0 Å². The Kier molecular flexibility index (Phi) is 4.50. The highest BCUT2D eigenvalue weighted by Crippen LogP contribution is 2.31. The molecular weight excluding hydrogens is 338 g/mol. The third-order valence-corrected chi connectivity index (χ3v) is 4.52. The minimum Gasteiger partial charge on any atom is -0.325 e. The lowest BCUT2D eigenvalue weighted by Crippen LogP contribution is -2.26. The maximum atomic E-state index is 12.4. The Hall–Kier alpha value is -3.72. The van der Waals surface area contributed by atoms with Crippen molar-refractivity contribution < 1.29 is 4.79 Å². The van der Waals surface area contributed by atoms with Gasteiger partial charge in [-0.1, -0.05) is 24.3 Å². The summed E-state index contributed by atoms with van der Waals surface area (Å²) in [7, 11) is 0. The molecule has 0 saturated carbocycles. The van der Waals surface area contributed by atoms with E-state index in [0.29, 0.717) is 11.3 Å². The summed E-state index contributed by atoms with van der Waals surface area (Å²) in [5, 5.41) is 20.0. The molecule has 6 heteroatoms. The second-order valence-corrected chi connectivity index (χ2v) is 6.31. The maximum Gasteiger partial charge on any atom is 0.276 e. The van der Waals surface area contributed by atoms with Crippen LogP contribution in [-0.4, -0.2) is 22.6 Å². The lowest BCUT2D eigenvalue weighted by molar-refractivity contribution is 0.102. The lowest BCUT2D eigenvalue weighted by Gasteiger charge is -2.29. The standard InChI is InChI=1S/C21H17N5O/c22-14-15-5-3-8-17(13-15)23-21(27)18-10-11-20(25-24-18)26-12-4-7-16-6-1-2-9-19(16)26/h1-3,5-6,8-11,13H,4,7,12H2,(H,23,27). The number of para-hydroxylation sites is 1. The average molecular weight is 355 g/mol. The van der Waals surface area contributed by atoms with Gasteiger partial charge in [0.15, 0.2) is 11.5 Å². The molecule has 0 unspecified atom stereocenters. The van der Waals surface area contributed by atoms with Crippen molar-refractivity contribution in [1.82, 2.24) is 10.2 Å². The summed E-state index contributed by atoms with van der Waals surface area (Å²) in [5.41, 5.74) is 3.70. The van der Waals surface area contributed by atoms with E-state index in [-0.39, 0.29) is 11.6 Å². The highest BCUT2D eigenvalue weighted by atomic mass is 16.1. The molecule has 0 atom stereocenters. The third-order valence-electron chi connectivity index (χ3n) is 4.52. The molecule has 3 aromatic rings. The number of anilines is 3. The van der Waals surface area contributed by atoms with Crippen molar-refractivity contribution in [2.75, 3.05) is 16.8 Å². The second-order valence-electron chi connectivity index (χ2n) is 6.31. The van der Waals surface area contributed by atoms with Gasteiger partial charge < -0.3 is 10.2 Å². The summed E-state index contributed by atoms with van der Waals surface area (Å²) in [4.78, 5) is 14.5. The van der Waals surface area contributed by atoms with Crippen LogP contribution in [0.25, 0.3) is 0 Å². The molecule has 1 aromatic heterocycles. The number of hydrogen-bond acceptors (Lipinski definition) is 5. The number of rotatable bonds is 3. The Bertz CT molecular complexity index is 1020. The van der Waals surface area contributed by atoms with Crippen LogP contribution in [0, 0.1) is 11.3 Å². The van der Waals surface area contributed by atoms with E-state index in [2.05, 4.69) is 32.5 Å². The number of aryl methyl sites for hydroxylation is 1. The van der Waals surface area contributed by atoms with Gasteiger partial charge in [0.1, 0.15) is 0 Å². The Morgan fingerprint density at radius 2 is 1.96 bits per heavy atom. The summed E-state index contributed by atoms with van der Waals surface area (Å²) in [6.07, 6.45) is 2.11. The van der Waals surface area contributed by atoms with Crippen LogP contribution in [0.5, 0.6) is 0 Å². The molecule has 132 valence electrons. The second kappa shape index (κ2) is 7.26. The van der Waals surface area contributed by atoms with Crippen LogP contribution in [0.3, 0.4) is 0 Å². The number of nitrogens with zero attached hydrogens (tertiary/aromatic N) is 4. The van der Waals surface area contributed by atoms with E-state index < -0.39 is 0 Å². The van der Waals surface area contributed by atoms with E-state index in [1.165, 1.54) is 5.56 Å². The Labute approximate surface area is 157 Å². The van der Waals surface area contributed by atoms with Gasteiger partial charge in [-0.3, -0.25) is 4.79 Å². The minimum atomic E-state index is -0.358. The largest absolute Gasteiger partial charge is 0.325 e. The van der Waals surface area contributed by atoms with E-state index in [4.69, 9.17) is 5.26 Å². The van der Waals surface area contributed by atoms with Crippen LogP contribution in [0.15, 0.2) is 60.7 Å². The van der Waals surface area contributed by atoms with Crippen LogP contribution in [0.4, 0.5) is 17.2 Å². The van der Waals surface area contributed by atoms with Crippen LogP contribution in [0.2, 0.25) is 0 Å². The molecule has 0 radical (unpaired) electrons. The average Bonchev–Trinajstić information content (AvgIpc) is 2.73. The number of nitrogens with one attached hydrogen (secondary N) is 1. The Morgan fingerprint density at radius 1 is 1.07 bits per heavy atom. The fourth-order valence-corrected chi connectivity index (χ4v) is 3.22. The first-order valence-corrected chi connectivity index (χ1v) is 8.75. The first-order chi connectivity index (χ1) is 13.2. The predicted molar refractivity (Wildman–Crippen MR) is 103 cm³/mol. The topological polar surface area (TPSA) is 81.9 Å². The molecule has 0 saturated heterocycles. The van der Waals surface area contributed by atoms with E-state index in [9.17, 15) is 4.79 Å². The van der Waals surface area contributed by atoms with E-state index in [1.54, 1.807) is 30.3 Å². The van der Waals surface area contributed by atoms with Gasteiger partial charge in [0, 0.05) is 17.9 Å². The van der Waals surface area contributed by atoms with Gasteiger partial charge in [-0.05, 0) is 54.8 Å². The number of amides is 1. The number of fused-ring (bicyclic) bond motifs is 1. The molecule has 2 aromatic carbocycles. The molecule has 4 rings (SSSR count). The summed E-state index contributed by atoms with van der Waals surface area (Å²) >= 11 is 0. The lowest BCUT2D eigenvalue weighted by atomic mass is 10.0. The maximum absolute atomic E-state index is 12.4. The summed E-state index contributed by atoms with van der Waals surface area (Å²) in [6, 6.07) is 20.5. The van der Waals surface area contributed by atoms with Gasteiger partial charge in [-0.15, -0.1) is 10.2 Å². The number of aromatic nitrogens is 2. The van der Waals surface area contributed by atoms with Crippen molar-refractivity contribution in [3.63, 3.8) is 0 Å². The van der Waals surface area contributed by atoms with Crippen molar-refractivity contribution in [2.24, 2.45) is 0 Å². The quantitative estimate of drug-likeness (QED) is 0.775. The summed E-state index contributed by atoms with van der Waals surface area (Å²) in [5.74, 6) is 0.369. The predicted octanol–water partition coefficient (Wildman–Crippen LogP) is 3.68. The molecule has 2 heterocycles. The molecule has 0 bridgehead atoms. The van der Waals surface area contributed by atoms with Crippen LogP contribution in [-0.2, 0) is 6.42 Å². The summed E-state index contributed by atoms with van der Waals surface area (Å²) in [6.45, 7) is 0.873. The van der Waals surface area contributed by atoms with Crippen molar-refractivity contribution in [3.8, 4) is 6.07 Å². The number of hydrogen-bond donors (Lipinski definition) is 1. The van der Waals surface area contributed by atoms with Gasteiger partial charge in [0.25, 0.3) is 5.91 Å². The zero-order chi connectivity index (χ0) is 18.6. The van der Waals surface area contributed by atoms with Gasteiger partial charge in [0.2, 0.25) is 0 Å². The Morgan fingerprint density at radius 3 is 2.78 bits per heavy atom. The number of nitriles is 1. The van der Waals surface area contributed by atoms with Crippen LogP contribution < -0.4 is 10.2 Å². The zero-order valence-electron chi connectivity index (χ0n) is 14.6. The molecule has 6 nitrogen and oxygen atoms in total. The fraction of sp³-hybridized carbons (Fsp3) is 0.143. The first-order valence-electron chi connectivity index (χ1n) is 8.75. The number of carbonyl (C=O) groups is 1. The summed E-state index contributed by atoms with van der Waals surface area (Å²) < 4.78 is 0. The molecule has 0 fully saturated rings. The van der Waals surface area contributed by atoms with Crippen molar-refractivity contribution in [2.45, 2.75) is 12.8 Å². The monoisotopic (exact) mass is 355 g/mol. The molecule has 1 N–H and O–H groups in total. The SMILES string of the molecule is N#Cc1cccc(NC(=O)c2ccc(N3CCCc4ccccc43)nn2)c1. The van der Waals surface area contributed by atoms with Gasteiger partial charge in [0.05, 0.1) is 11.6 Å². The fourth-order valence-electron chi connectivity index (χ4n) is 3.22. The molecule has 1 amide bonds. The van der Waals surface area contributed by atoms with Crippen molar-refractivity contribution in [3.05, 3.63) is 77.5 Å². The minimum absolute atomic E-state index is 0.228.